The first kappa shape index (κ1) is 11.3. The number of nitrogens with zero attached hydrogens (tertiary/aromatic N) is 3. The van der Waals surface area contributed by atoms with Crippen LogP contribution in [0.1, 0.15) is 32.0 Å². The Morgan fingerprint density at radius 1 is 1.62 bits per heavy atom. The van der Waals surface area contributed by atoms with Gasteiger partial charge in [-0.2, -0.15) is 4.37 Å². The van der Waals surface area contributed by atoms with Gasteiger partial charge in [0.1, 0.15) is 5.82 Å². The first-order valence-corrected chi connectivity index (χ1v) is 6.14. The molecule has 1 aromatic rings. The van der Waals surface area contributed by atoms with Crippen molar-refractivity contribution in [3.63, 3.8) is 0 Å². The Labute approximate surface area is 98.3 Å². The van der Waals surface area contributed by atoms with E-state index in [1.54, 1.807) is 0 Å². The summed E-state index contributed by atoms with van der Waals surface area (Å²) in [4.78, 5) is 17.0. The number of carbonyl (C=O) groups is 1. The second kappa shape index (κ2) is 4.37. The van der Waals surface area contributed by atoms with Crippen LogP contribution in [0.5, 0.6) is 0 Å². The van der Waals surface area contributed by atoms with Crippen molar-refractivity contribution in [1.29, 1.82) is 0 Å². The van der Waals surface area contributed by atoms with Crippen molar-refractivity contribution in [2.45, 2.75) is 26.2 Å². The summed E-state index contributed by atoms with van der Waals surface area (Å²) in [6.07, 6.45) is 0.256. The first-order valence-electron chi connectivity index (χ1n) is 5.36. The second-order valence-electron chi connectivity index (χ2n) is 4.46. The molecule has 1 N–H and O–H groups in total. The van der Waals surface area contributed by atoms with Gasteiger partial charge in [0.2, 0.25) is 5.13 Å². The molecule has 5 nitrogen and oxygen atoms in total. The number of aliphatic carboxylic acids is 1. The number of aromatic nitrogens is 2. The van der Waals surface area contributed by atoms with Crippen LogP contribution in [0.4, 0.5) is 5.13 Å². The van der Waals surface area contributed by atoms with Gasteiger partial charge in [0.25, 0.3) is 0 Å². The molecule has 0 bridgehead atoms. The topological polar surface area (TPSA) is 66.3 Å². The van der Waals surface area contributed by atoms with Gasteiger partial charge in [0.15, 0.2) is 0 Å². The summed E-state index contributed by atoms with van der Waals surface area (Å²) < 4.78 is 4.28. The van der Waals surface area contributed by atoms with Crippen LogP contribution in [0.15, 0.2) is 0 Å². The molecule has 0 unspecified atom stereocenters. The summed E-state index contributed by atoms with van der Waals surface area (Å²) in [6, 6.07) is 0. The van der Waals surface area contributed by atoms with Crippen LogP contribution < -0.4 is 4.90 Å². The van der Waals surface area contributed by atoms with Crippen molar-refractivity contribution in [1.82, 2.24) is 9.36 Å². The highest BCUT2D eigenvalue weighted by molar-refractivity contribution is 7.09. The minimum absolute atomic E-state index is 0.256. The molecule has 0 atom stereocenters. The van der Waals surface area contributed by atoms with E-state index in [9.17, 15) is 4.79 Å². The zero-order chi connectivity index (χ0) is 11.7. The van der Waals surface area contributed by atoms with E-state index in [0.717, 1.165) is 24.0 Å². The fourth-order valence-electron chi connectivity index (χ4n) is 1.69. The number of rotatable bonds is 4. The third-order valence-electron chi connectivity index (χ3n) is 2.64. The van der Waals surface area contributed by atoms with Gasteiger partial charge in [-0.3, -0.25) is 4.79 Å². The van der Waals surface area contributed by atoms with Gasteiger partial charge in [0.05, 0.1) is 6.42 Å². The predicted octanol–water partition coefficient (Wildman–Crippen LogP) is 1.57. The minimum atomic E-state index is -0.718. The molecule has 2 rings (SSSR count). The molecule has 1 fully saturated rings. The van der Waals surface area contributed by atoms with E-state index in [0.29, 0.717) is 5.92 Å². The lowest BCUT2D eigenvalue weighted by Gasteiger charge is -2.37. The molecular formula is C10H15N3O2S. The zero-order valence-corrected chi connectivity index (χ0v) is 10.2. The summed E-state index contributed by atoms with van der Waals surface area (Å²) in [5, 5.41) is 9.56. The van der Waals surface area contributed by atoms with E-state index < -0.39 is 5.97 Å². The molecule has 88 valence electrons. The van der Waals surface area contributed by atoms with E-state index in [4.69, 9.17) is 5.11 Å². The lowest BCUT2D eigenvalue weighted by molar-refractivity contribution is -0.138. The fraction of sp³-hybridized carbons (Fsp3) is 0.700. The number of anilines is 1. The highest BCUT2D eigenvalue weighted by Crippen LogP contribution is 2.29. The van der Waals surface area contributed by atoms with Gasteiger partial charge in [-0.1, -0.05) is 13.8 Å². The van der Waals surface area contributed by atoms with E-state index in [2.05, 4.69) is 28.1 Å². The van der Waals surface area contributed by atoms with Gasteiger partial charge >= 0.3 is 5.97 Å². The maximum absolute atomic E-state index is 10.5. The molecule has 6 heteroatoms. The van der Waals surface area contributed by atoms with Crippen LogP contribution in [-0.4, -0.2) is 33.5 Å². The van der Waals surface area contributed by atoms with Gasteiger partial charge < -0.3 is 10.0 Å². The fourth-order valence-corrected chi connectivity index (χ4v) is 2.52. The molecule has 0 aromatic carbocycles. The first-order chi connectivity index (χ1) is 7.56. The molecule has 0 aliphatic carbocycles. The van der Waals surface area contributed by atoms with E-state index in [1.165, 1.54) is 11.5 Å². The van der Waals surface area contributed by atoms with Crippen molar-refractivity contribution < 1.29 is 9.90 Å². The van der Waals surface area contributed by atoms with Crippen molar-refractivity contribution in [3.05, 3.63) is 5.82 Å². The van der Waals surface area contributed by atoms with Gasteiger partial charge in [-0.05, 0) is 0 Å². The summed E-state index contributed by atoms with van der Waals surface area (Å²) in [5.41, 5.74) is 0. The number of hydrogen-bond acceptors (Lipinski definition) is 5. The minimum Gasteiger partial charge on any atom is -0.481 e. The van der Waals surface area contributed by atoms with E-state index in [1.807, 2.05) is 0 Å². The molecule has 16 heavy (non-hydrogen) atoms. The third-order valence-corrected chi connectivity index (χ3v) is 3.43. The predicted molar refractivity (Wildman–Crippen MR) is 62.0 cm³/mol. The lowest BCUT2D eigenvalue weighted by Crippen LogP contribution is -2.47. The summed E-state index contributed by atoms with van der Waals surface area (Å²) in [5.74, 6) is 0.775. The van der Waals surface area contributed by atoms with Crippen LogP contribution in [0.2, 0.25) is 0 Å². The normalized spacial score (nSPS) is 16.6. The average molecular weight is 241 g/mol. The Morgan fingerprint density at radius 3 is 2.81 bits per heavy atom. The van der Waals surface area contributed by atoms with Crippen molar-refractivity contribution in [3.8, 4) is 0 Å². The maximum Gasteiger partial charge on any atom is 0.303 e. The molecule has 1 aromatic heterocycles. The maximum atomic E-state index is 10.5. The van der Waals surface area contributed by atoms with Crippen molar-refractivity contribution in [2.24, 2.45) is 5.92 Å². The SMILES string of the molecule is CC(C)c1nsc(N2CC(CC(=O)O)C2)n1. The van der Waals surface area contributed by atoms with Crippen molar-refractivity contribution >= 4 is 22.6 Å². The largest absolute Gasteiger partial charge is 0.481 e. The number of hydrogen-bond donors (Lipinski definition) is 1. The Morgan fingerprint density at radius 2 is 2.31 bits per heavy atom. The highest BCUT2D eigenvalue weighted by atomic mass is 32.1. The lowest BCUT2D eigenvalue weighted by atomic mass is 9.97. The van der Waals surface area contributed by atoms with Gasteiger partial charge in [-0.15, -0.1) is 0 Å². The average Bonchev–Trinajstić information content (AvgIpc) is 2.58. The van der Waals surface area contributed by atoms with Crippen molar-refractivity contribution in [2.75, 3.05) is 18.0 Å². The molecule has 0 spiro atoms. The summed E-state index contributed by atoms with van der Waals surface area (Å²) >= 11 is 1.40. The standard InChI is InChI=1S/C10H15N3O2S/c1-6(2)9-11-10(16-12-9)13-4-7(5-13)3-8(14)15/h6-7H,3-5H2,1-2H3,(H,14,15). The van der Waals surface area contributed by atoms with E-state index in [-0.39, 0.29) is 12.3 Å². The van der Waals surface area contributed by atoms with Crippen LogP contribution >= 0.6 is 11.5 Å². The van der Waals surface area contributed by atoms with Crippen LogP contribution in [0, 0.1) is 5.92 Å². The molecule has 1 saturated heterocycles. The number of carboxylic acid groups (broad SMARTS) is 1. The van der Waals surface area contributed by atoms with Crippen LogP contribution in [0.25, 0.3) is 0 Å². The van der Waals surface area contributed by atoms with Gasteiger partial charge in [-0.25, -0.2) is 4.98 Å². The highest BCUT2D eigenvalue weighted by Gasteiger charge is 2.30. The Hall–Kier alpha value is -1.17. The third kappa shape index (κ3) is 2.32. The van der Waals surface area contributed by atoms with Gasteiger partial charge in [0, 0.05) is 36.5 Å². The quantitative estimate of drug-likeness (QED) is 0.866. The molecule has 0 radical (unpaired) electrons. The molecule has 1 aliphatic rings. The summed E-state index contributed by atoms with van der Waals surface area (Å²) in [7, 11) is 0. The summed E-state index contributed by atoms with van der Waals surface area (Å²) in [6.45, 7) is 5.71. The Balaban J connectivity index is 1.89. The van der Waals surface area contributed by atoms with Crippen LogP contribution in [-0.2, 0) is 4.79 Å². The second-order valence-corrected chi connectivity index (χ2v) is 5.19. The van der Waals surface area contributed by atoms with Crippen LogP contribution in [0.3, 0.4) is 0 Å². The molecular weight excluding hydrogens is 226 g/mol. The smallest absolute Gasteiger partial charge is 0.303 e. The Bertz CT molecular complexity index is 385. The zero-order valence-electron chi connectivity index (χ0n) is 9.38. The van der Waals surface area contributed by atoms with E-state index >= 15 is 0 Å². The monoisotopic (exact) mass is 241 g/mol. The number of carboxylic acids is 1. The molecule has 0 saturated carbocycles. The Kier molecular flexibility index (Phi) is 3.09. The molecule has 2 heterocycles. The molecule has 1 aliphatic heterocycles. The molecule has 0 amide bonds.